The zero-order valence-corrected chi connectivity index (χ0v) is 23.3. The molecule has 0 bridgehead atoms. The molecule has 2 atom stereocenters. The quantitative estimate of drug-likeness (QED) is 0.318. The lowest BCUT2D eigenvalue weighted by Crippen LogP contribution is -2.38. The van der Waals surface area contributed by atoms with Gasteiger partial charge in [-0.25, -0.2) is 9.25 Å². The minimum absolute atomic E-state index is 0.0680. The van der Waals surface area contributed by atoms with Crippen LogP contribution in [-0.2, 0) is 16.0 Å². The monoisotopic (exact) mass is 576 g/mol. The molecule has 1 aromatic rings. The normalized spacial score (nSPS) is 22.0. The maximum atomic E-state index is 12.2. The van der Waals surface area contributed by atoms with Gasteiger partial charge >= 0.3 is 6.09 Å². The molecule has 0 aromatic carbocycles. The van der Waals surface area contributed by atoms with Crippen LogP contribution in [-0.4, -0.2) is 70.4 Å². The zero-order valence-electron chi connectivity index (χ0n) is 20.1. The Balaban J connectivity index is 1.61. The first-order valence-corrected chi connectivity index (χ1v) is 15.6. The molecule has 1 aliphatic carbocycles. The number of allylic oxidation sites excluding steroid dienone is 1. The van der Waals surface area contributed by atoms with Crippen LogP contribution in [0.1, 0.15) is 70.6 Å². The molecule has 1 fully saturated rings. The number of ether oxygens (including phenoxy) is 2. The van der Waals surface area contributed by atoms with E-state index in [4.69, 9.17) is 14.6 Å². The first-order chi connectivity index (χ1) is 15.1. The van der Waals surface area contributed by atoms with Crippen LogP contribution in [0.15, 0.2) is 12.3 Å². The van der Waals surface area contributed by atoms with Crippen molar-refractivity contribution in [3.05, 3.63) is 23.5 Å². The Kier molecular flexibility index (Phi) is 9.03. The molecule has 180 valence electrons. The number of likely N-dealkylation sites (N-methyl/N-ethyl adjacent to an activating group) is 2. The Hall–Kier alpha value is -0.700. The van der Waals surface area contributed by atoms with Crippen molar-refractivity contribution >= 4 is 40.1 Å². The van der Waals surface area contributed by atoms with Gasteiger partial charge in [0.1, 0.15) is 5.60 Å². The third-order valence-corrected chi connectivity index (χ3v) is 8.03. The average Bonchev–Trinajstić information content (AvgIpc) is 3.14. The zero-order chi connectivity index (χ0) is 23.4. The van der Waals surface area contributed by atoms with Gasteiger partial charge in [-0.2, -0.15) is 5.10 Å². The minimum Gasteiger partial charge on any atom is -0.444 e. The van der Waals surface area contributed by atoms with Crippen LogP contribution in [0.4, 0.5) is 4.79 Å². The highest BCUT2D eigenvalue weighted by Crippen LogP contribution is 2.41. The lowest BCUT2D eigenvalue weighted by atomic mass is 9.79. The van der Waals surface area contributed by atoms with E-state index in [2.05, 4.69) is 46.3 Å². The van der Waals surface area contributed by atoms with Crippen LogP contribution in [0.25, 0.3) is 5.57 Å². The highest BCUT2D eigenvalue weighted by Gasteiger charge is 2.35. The second kappa shape index (κ2) is 11.2. The van der Waals surface area contributed by atoms with Crippen molar-refractivity contribution in [2.24, 2.45) is 0 Å². The van der Waals surface area contributed by atoms with Crippen LogP contribution < -0.4 is 0 Å². The van der Waals surface area contributed by atoms with Crippen molar-refractivity contribution in [3.63, 3.8) is 0 Å². The summed E-state index contributed by atoms with van der Waals surface area (Å²) in [4.78, 5) is 16.1. The number of carbonyl (C=O) groups is 1. The molecular formula is C23H38IN4O3P. The first-order valence-electron chi connectivity index (χ1n) is 11.5. The van der Waals surface area contributed by atoms with E-state index in [9.17, 15) is 4.79 Å². The van der Waals surface area contributed by atoms with Crippen molar-refractivity contribution < 1.29 is 14.3 Å². The molecule has 1 saturated heterocycles. The van der Waals surface area contributed by atoms with Gasteiger partial charge in [0, 0.05) is 45.0 Å². The van der Waals surface area contributed by atoms with Crippen LogP contribution in [0.3, 0.4) is 0 Å². The molecule has 1 aliphatic heterocycles. The lowest BCUT2D eigenvalue weighted by molar-refractivity contribution is -0.0823. The Morgan fingerprint density at radius 1 is 1.31 bits per heavy atom. The van der Waals surface area contributed by atoms with E-state index >= 15 is 0 Å². The fourth-order valence-corrected chi connectivity index (χ4v) is 5.40. The van der Waals surface area contributed by atoms with E-state index < -0.39 is 5.60 Å². The van der Waals surface area contributed by atoms with Gasteiger partial charge in [-0.1, -0.05) is 6.08 Å². The number of hydrogen-bond donors (Lipinski definition) is 0. The molecular weight excluding hydrogens is 538 g/mol. The highest BCUT2D eigenvalue weighted by atomic mass is 127. The van der Waals surface area contributed by atoms with Gasteiger partial charge in [-0.05, 0) is 94.0 Å². The van der Waals surface area contributed by atoms with Gasteiger partial charge in [0.05, 0.1) is 17.7 Å². The number of carbonyl (C=O) groups excluding carboxylic acids is 1. The summed E-state index contributed by atoms with van der Waals surface area (Å²) < 4.78 is 13.7. The molecule has 9 heteroatoms. The molecule has 0 N–H and O–H groups in total. The summed E-state index contributed by atoms with van der Waals surface area (Å²) in [6.07, 6.45) is 11.6. The van der Waals surface area contributed by atoms with Crippen LogP contribution in [0.2, 0.25) is 0 Å². The van der Waals surface area contributed by atoms with E-state index in [1.54, 1.807) is 11.9 Å². The largest absolute Gasteiger partial charge is 0.444 e. The summed E-state index contributed by atoms with van der Waals surface area (Å²) in [5.41, 5.74) is 3.33. The van der Waals surface area contributed by atoms with Gasteiger partial charge in [-0.3, -0.25) is 0 Å². The van der Waals surface area contributed by atoms with Gasteiger partial charge in [0.15, 0.2) is 0 Å². The molecule has 0 saturated carbocycles. The number of nitrogens with zero attached hydrogens (tertiary/aromatic N) is 4. The Labute approximate surface area is 207 Å². The second-order valence-electron chi connectivity index (χ2n) is 10.1. The van der Waals surface area contributed by atoms with Gasteiger partial charge < -0.3 is 19.3 Å². The van der Waals surface area contributed by atoms with E-state index in [0.29, 0.717) is 12.9 Å². The van der Waals surface area contributed by atoms with Crippen molar-refractivity contribution in [2.45, 2.75) is 77.0 Å². The lowest BCUT2D eigenvalue weighted by Gasteiger charge is -2.39. The van der Waals surface area contributed by atoms with Crippen molar-refractivity contribution in [1.29, 1.82) is 0 Å². The van der Waals surface area contributed by atoms with E-state index in [-0.39, 0.29) is 11.7 Å². The highest BCUT2D eigenvalue weighted by molar-refractivity contribution is 14.2. The number of hydrogen-bond acceptors (Lipinski definition) is 5. The molecule has 1 aromatic heterocycles. The fourth-order valence-electron chi connectivity index (χ4n) is 4.32. The molecule has 7 nitrogen and oxygen atoms in total. The molecule has 32 heavy (non-hydrogen) atoms. The number of halogens is 1. The smallest absolute Gasteiger partial charge is 0.410 e. The number of aromatic nitrogens is 2. The first kappa shape index (κ1) is 25.9. The summed E-state index contributed by atoms with van der Waals surface area (Å²) in [6, 6.07) is 0. The van der Waals surface area contributed by atoms with E-state index in [1.165, 1.54) is 30.4 Å². The van der Waals surface area contributed by atoms with Gasteiger partial charge in [0.2, 0.25) is 0 Å². The summed E-state index contributed by atoms with van der Waals surface area (Å²) in [5, 5.41) is 4.90. The maximum Gasteiger partial charge on any atom is 0.410 e. The maximum absolute atomic E-state index is 12.2. The molecule has 1 spiro atoms. The Morgan fingerprint density at radius 2 is 2.09 bits per heavy atom. The summed E-state index contributed by atoms with van der Waals surface area (Å²) in [6.45, 7) is 8.76. The summed E-state index contributed by atoms with van der Waals surface area (Å²) in [7, 11) is 3.88. The van der Waals surface area contributed by atoms with Gasteiger partial charge in [0.25, 0.3) is 0 Å². The third-order valence-electron chi connectivity index (χ3n) is 6.15. The SMILES string of the molecule is CN(CCN(C)C(=O)OC(C)(C)C)Cc1cn(PI)nc1C1=CCC2(CCCCO2)CC1. The molecule has 0 radical (unpaired) electrons. The van der Waals surface area contributed by atoms with Crippen LogP contribution in [0.5, 0.6) is 0 Å². The molecule has 2 heterocycles. The van der Waals surface area contributed by atoms with Crippen molar-refractivity contribution in [1.82, 2.24) is 19.4 Å². The summed E-state index contributed by atoms with van der Waals surface area (Å²) >= 11 is 2.38. The predicted octanol–water partition coefficient (Wildman–Crippen LogP) is 5.48. The van der Waals surface area contributed by atoms with Crippen molar-refractivity contribution in [3.8, 4) is 0 Å². The molecule has 3 rings (SSSR count). The van der Waals surface area contributed by atoms with Gasteiger partial charge in [-0.15, -0.1) is 0 Å². The fraction of sp³-hybridized carbons (Fsp3) is 0.739. The molecule has 1 amide bonds. The van der Waals surface area contributed by atoms with Crippen LogP contribution >= 0.6 is 28.4 Å². The number of amides is 1. The number of rotatable bonds is 7. The van der Waals surface area contributed by atoms with Crippen LogP contribution in [0, 0.1) is 0 Å². The topological polar surface area (TPSA) is 59.8 Å². The van der Waals surface area contributed by atoms with E-state index in [0.717, 1.165) is 44.7 Å². The van der Waals surface area contributed by atoms with E-state index in [1.807, 2.05) is 25.2 Å². The molecule has 2 aliphatic rings. The standard InChI is InChI=1S/C23H38IN4O3P/c1-22(2,3)31-21(29)27(5)14-13-26(4)16-19-17-28(32-24)25-20(19)18-8-11-23(12-9-18)10-6-7-15-30-23/h8,17,32H,6-7,9-16H2,1-5H3. The summed E-state index contributed by atoms with van der Waals surface area (Å²) in [5.74, 6) is 0. The second-order valence-corrected chi connectivity index (χ2v) is 12.2. The Morgan fingerprint density at radius 3 is 2.69 bits per heavy atom. The average molecular weight is 576 g/mol. The van der Waals surface area contributed by atoms with Crippen molar-refractivity contribution in [2.75, 3.05) is 33.8 Å². The predicted molar refractivity (Wildman–Crippen MR) is 140 cm³/mol. The minimum atomic E-state index is -0.476. The molecule has 2 unspecified atom stereocenters. The third kappa shape index (κ3) is 7.15. The Bertz CT molecular complexity index is 815.